The molecule has 0 aromatic heterocycles. The summed E-state index contributed by atoms with van der Waals surface area (Å²) in [6.07, 6.45) is 1.15. The van der Waals surface area contributed by atoms with Gasteiger partial charge < -0.3 is 0 Å². The Morgan fingerprint density at radius 1 is 1.00 bits per heavy atom. The predicted octanol–water partition coefficient (Wildman–Crippen LogP) is 4.78. The largest absolute Gasteiger partial charge is 0.290 e. The molecule has 130 valence electrons. The van der Waals surface area contributed by atoms with E-state index in [1.54, 1.807) is 23.1 Å². The van der Waals surface area contributed by atoms with Crippen LogP contribution in [-0.4, -0.2) is 23.4 Å². The quantitative estimate of drug-likeness (QED) is 0.745. The first kappa shape index (κ1) is 16.8. The van der Waals surface area contributed by atoms with Crippen LogP contribution in [0, 0.1) is 11.6 Å². The molecule has 2 aromatic rings. The first-order valence-corrected chi connectivity index (χ1v) is 8.72. The third-order valence-corrected chi connectivity index (χ3v) is 5.54. The average molecular weight is 383 g/mol. The number of carbonyl (C=O) groups is 1. The smallest absolute Gasteiger partial charge is 0.246 e. The molecule has 4 rings (SSSR count). The van der Waals surface area contributed by atoms with Crippen LogP contribution in [-0.2, 0) is 4.79 Å². The summed E-state index contributed by atoms with van der Waals surface area (Å²) in [5.74, 6) is -1.90. The van der Waals surface area contributed by atoms with Crippen molar-refractivity contribution < 1.29 is 13.6 Å². The zero-order chi connectivity index (χ0) is 17.7. The third kappa shape index (κ3) is 2.71. The highest BCUT2D eigenvalue weighted by atomic mass is 35.5. The first-order valence-electron chi connectivity index (χ1n) is 7.96. The van der Waals surface area contributed by atoms with E-state index >= 15 is 0 Å². The van der Waals surface area contributed by atoms with E-state index in [0.29, 0.717) is 21.3 Å². The molecular weight excluding hydrogens is 369 g/mol. The van der Waals surface area contributed by atoms with Crippen molar-refractivity contribution in [2.24, 2.45) is 0 Å². The second-order valence-corrected chi connectivity index (χ2v) is 7.06. The van der Waals surface area contributed by atoms with Gasteiger partial charge in [0.05, 0.1) is 16.1 Å². The van der Waals surface area contributed by atoms with Crippen molar-refractivity contribution in [1.82, 2.24) is 4.90 Å². The van der Waals surface area contributed by atoms with Crippen molar-refractivity contribution in [3.8, 4) is 0 Å². The van der Waals surface area contributed by atoms with E-state index in [2.05, 4.69) is 0 Å². The van der Waals surface area contributed by atoms with Gasteiger partial charge in [0.2, 0.25) is 5.91 Å². The Kier molecular flexibility index (Phi) is 4.18. The second-order valence-electron chi connectivity index (χ2n) is 6.25. The molecule has 0 saturated carbocycles. The summed E-state index contributed by atoms with van der Waals surface area (Å²) in [5, 5.41) is 0.727. The Hall–Kier alpha value is -1.69. The number of nitrogens with zero attached hydrogens (tertiary/aromatic N) is 2. The first-order chi connectivity index (χ1) is 12.0. The van der Waals surface area contributed by atoms with E-state index in [1.165, 1.54) is 6.07 Å². The summed E-state index contributed by atoms with van der Waals surface area (Å²) in [7, 11) is 0. The number of hydrogen-bond donors (Lipinski definition) is 0. The number of fused-ring (bicyclic) bond motifs is 1. The highest BCUT2D eigenvalue weighted by Gasteiger charge is 2.49. The molecule has 2 aliphatic heterocycles. The number of carbonyl (C=O) groups excluding carboxylic acids is 1. The molecule has 2 heterocycles. The van der Waals surface area contributed by atoms with Gasteiger partial charge in [0.25, 0.3) is 0 Å². The van der Waals surface area contributed by atoms with Gasteiger partial charge in [-0.15, -0.1) is 0 Å². The molecule has 0 aliphatic carbocycles. The standard InChI is InChI=1S/C18H14Cl2F2N2O/c19-12-5-4-11(9-13(12)20)24-17(10-3-6-14(21)15(22)8-10)23-7-1-2-16(23)18(24)25/h3-6,8-9,16-17H,1-2,7H2. The second kappa shape index (κ2) is 6.24. The summed E-state index contributed by atoms with van der Waals surface area (Å²) < 4.78 is 27.1. The highest BCUT2D eigenvalue weighted by molar-refractivity contribution is 6.42. The zero-order valence-electron chi connectivity index (χ0n) is 13.1. The van der Waals surface area contributed by atoms with Crippen LogP contribution in [0.1, 0.15) is 24.6 Å². The molecule has 2 atom stereocenters. The van der Waals surface area contributed by atoms with Crippen LogP contribution >= 0.6 is 23.2 Å². The molecule has 2 aromatic carbocycles. The summed E-state index contributed by atoms with van der Waals surface area (Å²) in [6.45, 7) is 0.720. The summed E-state index contributed by atoms with van der Waals surface area (Å²) in [5.41, 5.74) is 1.12. The van der Waals surface area contributed by atoms with Gasteiger partial charge in [0, 0.05) is 12.2 Å². The maximum absolute atomic E-state index is 13.8. The van der Waals surface area contributed by atoms with Gasteiger partial charge in [-0.2, -0.15) is 0 Å². The minimum absolute atomic E-state index is 0.0642. The lowest BCUT2D eigenvalue weighted by molar-refractivity contribution is -0.119. The fourth-order valence-corrected chi connectivity index (χ4v) is 3.99. The van der Waals surface area contributed by atoms with Crippen LogP contribution in [0.25, 0.3) is 0 Å². The van der Waals surface area contributed by atoms with Gasteiger partial charge in [0.1, 0.15) is 6.17 Å². The molecular formula is C18H14Cl2F2N2O. The Labute approximate surface area is 153 Å². The van der Waals surface area contributed by atoms with Crippen molar-refractivity contribution >= 4 is 34.8 Å². The molecule has 0 spiro atoms. The van der Waals surface area contributed by atoms with E-state index in [-0.39, 0.29) is 11.9 Å². The molecule has 2 unspecified atom stereocenters. The van der Waals surface area contributed by atoms with Crippen molar-refractivity contribution in [2.75, 3.05) is 11.4 Å². The summed E-state index contributed by atoms with van der Waals surface area (Å²) >= 11 is 12.1. The monoisotopic (exact) mass is 382 g/mol. The topological polar surface area (TPSA) is 23.6 Å². The SMILES string of the molecule is O=C1C2CCCN2C(c2ccc(F)c(F)c2)N1c1ccc(Cl)c(Cl)c1. The molecule has 25 heavy (non-hydrogen) atoms. The number of hydrogen-bond acceptors (Lipinski definition) is 2. The molecule has 7 heteroatoms. The van der Waals surface area contributed by atoms with Crippen molar-refractivity contribution in [3.63, 3.8) is 0 Å². The lowest BCUT2D eigenvalue weighted by atomic mass is 10.1. The molecule has 2 saturated heterocycles. The molecule has 0 bridgehead atoms. The van der Waals surface area contributed by atoms with Crippen LogP contribution < -0.4 is 4.90 Å². The van der Waals surface area contributed by atoms with E-state index in [9.17, 15) is 13.6 Å². The summed E-state index contributed by atoms with van der Waals surface area (Å²) in [6, 6.07) is 8.45. The Morgan fingerprint density at radius 2 is 1.80 bits per heavy atom. The maximum Gasteiger partial charge on any atom is 0.246 e. The van der Waals surface area contributed by atoms with Gasteiger partial charge >= 0.3 is 0 Å². The minimum Gasteiger partial charge on any atom is -0.290 e. The number of anilines is 1. The van der Waals surface area contributed by atoms with Crippen LogP contribution in [0.4, 0.5) is 14.5 Å². The van der Waals surface area contributed by atoms with E-state index in [0.717, 1.165) is 31.5 Å². The molecule has 2 aliphatic rings. The van der Waals surface area contributed by atoms with Crippen LogP contribution in [0.3, 0.4) is 0 Å². The van der Waals surface area contributed by atoms with Crippen LogP contribution in [0.5, 0.6) is 0 Å². The van der Waals surface area contributed by atoms with Gasteiger partial charge in [0.15, 0.2) is 11.6 Å². The molecule has 0 radical (unpaired) electrons. The van der Waals surface area contributed by atoms with Gasteiger partial charge in [-0.3, -0.25) is 14.6 Å². The third-order valence-electron chi connectivity index (χ3n) is 4.80. The normalized spacial score (nSPS) is 23.4. The lowest BCUT2D eigenvalue weighted by Gasteiger charge is -2.30. The number of amides is 1. The van der Waals surface area contributed by atoms with Gasteiger partial charge in [-0.05, 0) is 48.7 Å². The maximum atomic E-state index is 13.8. The number of rotatable bonds is 2. The fourth-order valence-electron chi connectivity index (χ4n) is 3.69. The van der Waals surface area contributed by atoms with Crippen LogP contribution in [0.15, 0.2) is 36.4 Å². The van der Waals surface area contributed by atoms with Crippen LogP contribution in [0.2, 0.25) is 10.0 Å². The fraction of sp³-hybridized carbons (Fsp3) is 0.278. The Morgan fingerprint density at radius 3 is 2.52 bits per heavy atom. The average Bonchev–Trinajstić information content (AvgIpc) is 3.15. The van der Waals surface area contributed by atoms with Crippen molar-refractivity contribution in [1.29, 1.82) is 0 Å². The van der Waals surface area contributed by atoms with Gasteiger partial charge in [-0.1, -0.05) is 29.3 Å². The Bertz CT molecular complexity index is 861. The lowest BCUT2D eigenvalue weighted by Crippen LogP contribution is -2.32. The molecule has 3 nitrogen and oxygen atoms in total. The molecule has 0 N–H and O–H groups in total. The van der Waals surface area contributed by atoms with E-state index < -0.39 is 17.8 Å². The summed E-state index contributed by atoms with van der Waals surface area (Å²) in [4.78, 5) is 16.6. The predicted molar refractivity (Wildman–Crippen MR) is 92.8 cm³/mol. The van der Waals surface area contributed by atoms with E-state index in [4.69, 9.17) is 23.2 Å². The van der Waals surface area contributed by atoms with E-state index in [1.807, 2.05) is 4.90 Å². The van der Waals surface area contributed by atoms with Crippen molar-refractivity contribution in [3.05, 3.63) is 63.6 Å². The highest BCUT2D eigenvalue weighted by Crippen LogP contribution is 2.43. The van der Waals surface area contributed by atoms with Gasteiger partial charge in [-0.25, -0.2) is 8.78 Å². The molecule has 2 fully saturated rings. The van der Waals surface area contributed by atoms with Crippen molar-refractivity contribution in [2.45, 2.75) is 25.0 Å². The minimum atomic E-state index is -0.929. The number of benzene rings is 2. The number of halogens is 4. The Balaban J connectivity index is 1.83. The zero-order valence-corrected chi connectivity index (χ0v) is 14.6. The molecule has 1 amide bonds.